The number of rotatable bonds is 6. The van der Waals surface area contributed by atoms with Gasteiger partial charge in [-0.25, -0.2) is 8.42 Å². The second-order valence-corrected chi connectivity index (χ2v) is 7.16. The first-order valence-corrected chi connectivity index (χ1v) is 8.39. The first-order valence-electron chi connectivity index (χ1n) is 6.91. The average molecular weight is 352 g/mol. The van der Waals surface area contributed by atoms with Gasteiger partial charge in [-0.15, -0.1) is 0 Å². The minimum Gasteiger partial charge on any atom is -0.354 e. The molecule has 0 aliphatic carbocycles. The van der Waals surface area contributed by atoms with Gasteiger partial charge in [0.2, 0.25) is 15.9 Å². The van der Waals surface area contributed by atoms with Crippen LogP contribution in [0.4, 0.5) is 13.2 Å². The highest BCUT2D eigenvalue weighted by Crippen LogP contribution is 2.33. The van der Waals surface area contributed by atoms with Crippen molar-refractivity contribution in [2.24, 2.45) is 5.92 Å². The van der Waals surface area contributed by atoms with E-state index in [-0.39, 0.29) is 5.92 Å². The van der Waals surface area contributed by atoms with Crippen molar-refractivity contribution < 1.29 is 26.4 Å². The average Bonchev–Trinajstić information content (AvgIpc) is 2.43. The fourth-order valence-corrected chi connectivity index (χ4v) is 3.17. The first kappa shape index (κ1) is 19.4. The normalized spacial score (nSPS) is 13.9. The number of alkyl halides is 3. The molecule has 130 valence electrons. The summed E-state index contributed by atoms with van der Waals surface area (Å²) in [5.74, 6) is -0.444. The lowest BCUT2D eigenvalue weighted by Crippen LogP contribution is -2.45. The third-order valence-electron chi connectivity index (χ3n) is 2.89. The van der Waals surface area contributed by atoms with Gasteiger partial charge in [0.25, 0.3) is 0 Å². The zero-order chi connectivity index (χ0) is 17.8. The molecule has 0 aliphatic heterocycles. The Labute approximate surface area is 133 Å². The van der Waals surface area contributed by atoms with Gasteiger partial charge in [0.15, 0.2) is 0 Å². The Morgan fingerprint density at radius 1 is 1.17 bits per heavy atom. The zero-order valence-electron chi connectivity index (χ0n) is 12.9. The Balaban J connectivity index is 2.99. The quantitative estimate of drug-likeness (QED) is 0.824. The highest BCUT2D eigenvalue weighted by atomic mass is 32.2. The maximum Gasteiger partial charge on any atom is 0.417 e. The zero-order valence-corrected chi connectivity index (χ0v) is 13.8. The van der Waals surface area contributed by atoms with Crippen molar-refractivity contribution in [1.29, 1.82) is 0 Å². The smallest absolute Gasteiger partial charge is 0.354 e. The lowest BCUT2D eigenvalue weighted by molar-refractivity contribution is -0.139. The molecule has 5 nitrogen and oxygen atoms in total. The molecular formula is C14H19F3N2O3S. The molecule has 0 saturated carbocycles. The van der Waals surface area contributed by atoms with Crippen LogP contribution in [-0.4, -0.2) is 26.9 Å². The molecule has 1 unspecified atom stereocenters. The number of nitrogens with one attached hydrogen (secondary N) is 2. The monoisotopic (exact) mass is 352 g/mol. The van der Waals surface area contributed by atoms with Crippen molar-refractivity contribution >= 4 is 15.9 Å². The van der Waals surface area contributed by atoms with Crippen molar-refractivity contribution in [2.75, 3.05) is 6.54 Å². The van der Waals surface area contributed by atoms with Crippen LogP contribution in [0.25, 0.3) is 0 Å². The predicted octanol–water partition coefficient (Wildman–Crippen LogP) is 2.14. The Kier molecular flexibility index (Phi) is 6.18. The summed E-state index contributed by atoms with van der Waals surface area (Å²) in [6.07, 6.45) is -4.81. The van der Waals surface area contributed by atoms with Crippen LogP contribution in [0.1, 0.15) is 26.3 Å². The van der Waals surface area contributed by atoms with Gasteiger partial charge < -0.3 is 5.32 Å². The third kappa shape index (κ3) is 5.51. The van der Waals surface area contributed by atoms with E-state index in [0.717, 1.165) is 12.1 Å². The second kappa shape index (κ2) is 7.31. The maximum atomic E-state index is 12.9. The topological polar surface area (TPSA) is 75.3 Å². The number of hydrogen-bond donors (Lipinski definition) is 2. The lowest BCUT2D eigenvalue weighted by atomic mass is 10.2. The van der Waals surface area contributed by atoms with E-state index in [9.17, 15) is 26.4 Å². The highest BCUT2D eigenvalue weighted by Gasteiger charge is 2.37. The summed E-state index contributed by atoms with van der Waals surface area (Å²) in [5.41, 5.74) is -1.28. The second-order valence-electron chi connectivity index (χ2n) is 5.48. The van der Waals surface area contributed by atoms with Crippen LogP contribution < -0.4 is 10.0 Å². The number of carbonyl (C=O) groups excluding carboxylic acids is 1. The predicted molar refractivity (Wildman–Crippen MR) is 79.1 cm³/mol. The third-order valence-corrected chi connectivity index (χ3v) is 4.49. The van der Waals surface area contributed by atoms with Gasteiger partial charge in [-0.1, -0.05) is 26.0 Å². The Morgan fingerprint density at radius 2 is 1.74 bits per heavy atom. The largest absolute Gasteiger partial charge is 0.417 e. The van der Waals surface area contributed by atoms with Crippen LogP contribution in [0.3, 0.4) is 0 Å². The molecule has 2 N–H and O–H groups in total. The molecule has 1 aromatic carbocycles. The molecule has 1 rings (SSSR count). The maximum absolute atomic E-state index is 12.9. The van der Waals surface area contributed by atoms with Gasteiger partial charge in [0.1, 0.15) is 0 Å². The molecule has 0 saturated heterocycles. The number of amides is 1. The number of hydrogen-bond acceptors (Lipinski definition) is 3. The highest BCUT2D eigenvalue weighted by molar-refractivity contribution is 7.89. The van der Waals surface area contributed by atoms with Gasteiger partial charge in [0.05, 0.1) is 16.5 Å². The van der Waals surface area contributed by atoms with E-state index in [4.69, 9.17) is 0 Å². The van der Waals surface area contributed by atoms with Crippen LogP contribution in [0.5, 0.6) is 0 Å². The van der Waals surface area contributed by atoms with E-state index < -0.39 is 38.6 Å². The Hall–Kier alpha value is -1.61. The summed E-state index contributed by atoms with van der Waals surface area (Å²) in [6.45, 7) is 5.32. The molecule has 0 aromatic heterocycles. The molecule has 0 aliphatic rings. The van der Waals surface area contributed by atoms with Crippen LogP contribution in [0, 0.1) is 5.92 Å². The van der Waals surface area contributed by atoms with Crippen LogP contribution in [-0.2, 0) is 21.0 Å². The number of sulfonamides is 1. The molecule has 9 heteroatoms. The van der Waals surface area contributed by atoms with E-state index in [1.807, 2.05) is 18.6 Å². The van der Waals surface area contributed by atoms with Gasteiger partial charge >= 0.3 is 6.18 Å². The molecular weight excluding hydrogens is 333 g/mol. The summed E-state index contributed by atoms with van der Waals surface area (Å²) in [6, 6.07) is 2.62. The van der Waals surface area contributed by atoms with Crippen molar-refractivity contribution in [1.82, 2.24) is 10.0 Å². The van der Waals surface area contributed by atoms with Gasteiger partial charge in [-0.3, -0.25) is 4.79 Å². The Bertz CT molecular complexity index is 657. The first-order chi connectivity index (χ1) is 10.4. The molecule has 0 heterocycles. The number of benzene rings is 1. The van der Waals surface area contributed by atoms with Crippen molar-refractivity contribution in [2.45, 2.75) is 37.9 Å². The van der Waals surface area contributed by atoms with Crippen molar-refractivity contribution in [3.05, 3.63) is 29.8 Å². The molecule has 0 radical (unpaired) electrons. The van der Waals surface area contributed by atoms with Crippen molar-refractivity contribution in [3.8, 4) is 0 Å². The fraction of sp³-hybridized carbons (Fsp3) is 0.500. The standard InChI is InChI=1S/C14H19F3N2O3S/c1-9(2)8-18-13(20)10(3)19-23(21,22)12-7-5-4-6-11(12)14(15,16)17/h4-7,9-10,19H,8H2,1-3H3,(H,18,20). The van der Waals surface area contributed by atoms with E-state index in [1.165, 1.54) is 13.0 Å². The molecule has 1 atom stereocenters. The summed E-state index contributed by atoms with van der Waals surface area (Å²) in [7, 11) is -4.49. The summed E-state index contributed by atoms with van der Waals surface area (Å²) in [5, 5.41) is 2.51. The summed E-state index contributed by atoms with van der Waals surface area (Å²) >= 11 is 0. The van der Waals surface area contributed by atoms with Crippen LogP contribution >= 0.6 is 0 Å². The molecule has 1 aromatic rings. The molecule has 1 amide bonds. The molecule has 0 bridgehead atoms. The molecule has 0 fully saturated rings. The number of carbonyl (C=O) groups is 1. The molecule has 0 spiro atoms. The lowest BCUT2D eigenvalue weighted by Gasteiger charge is -2.17. The van der Waals surface area contributed by atoms with Crippen LogP contribution in [0.2, 0.25) is 0 Å². The van der Waals surface area contributed by atoms with E-state index in [1.54, 1.807) is 0 Å². The molecule has 23 heavy (non-hydrogen) atoms. The number of halogens is 3. The van der Waals surface area contributed by atoms with Gasteiger partial charge in [-0.2, -0.15) is 17.9 Å². The van der Waals surface area contributed by atoms with E-state index >= 15 is 0 Å². The fourth-order valence-electron chi connectivity index (χ4n) is 1.74. The SMILES string of the molecule is CC(C)CNC(=O)C(C)NS(=O)(=O)c1ccccc1C(F)(F)F. The van der Waals surface area contributed by atoms with E-state index in [0.29, 0.717) is 12.6 Å². The van der Waals surface area contributed by atoms with E-state index in [2.05, 4.69) is 5.32 Å². The summed E-state index contributed by atoms with van der Waals surface area (Å²) in [4.78, 5) is 10.9. The van der Waals surface area contributed by atoms with Gasteiger partial charge in [0, 0.05) is 6.54 Å². The Morgan fingerprint density at radius 3 is 2.26 bits per heavy atom. The minimum atomic E-state index is -4.81. The minimum absolute atomic E-state index is 0.161. The van der Waals surface area contributed by atoms with Crippen LogP contribution in [0.15, 0.2) is 29.2 Å². The summed E-state index contributed by atoms with van der Waals surface area (Å²) < 4.78 is 65.0. The van der Waals surface area contributed by atoms with Gasteiger partial charge in [-0.05, 0) is 25.0 Å². The van der Waals surface area contributed by atoms with Crippen molar-refractivity contribution in [3.63, 3.8) is 0 Å².